The number of aromatic nitrogens is 1. The number of nitrogens with one attached hydrogen (secondary N) is 1. The highest BCUT2D eigenvalue weighted by Gasteiger charge is 2.11. The zero-order valence-corrected chi connectivity index (χ0v) is 12.2. The molecule has 0 saturated carbocycles. The Hall–Kier alpha value is -1.79. The van der Waals surface area contributed by atoms with Crippen molar-refractivity contribution in [3.63, 3.8) is 0 Å². The summed E-state index contributed by atoms with van der Waals surface area (Å²) in [5.74, 6) is -0.229. The van der Waals surface area contributed by atoms with E-state index in [-0.39, 0.29) is 5.91 Å². The molecule has 0 saturated heterocycles. The van der Waals surface area contributed by atoms with Gasteiger partial charge in [0.05, 0.1) is 5.01 Å². The fourth-order valence-electron chi connectivity index (χ4n) is 1.56. The van der Waals surface area contributed by atoms with Crippen molar-refractivity contribution >= 4 is 40.1 Å². The molecule has 1 amide bonds. The highest BCUT2D eigenvalue weighted by molar-refractivity contribution is 7.80. The Labute approximate surface area is 120 Å². The van der Waals surface area contributed by atoms with Gasteiger partial charge in [0.15, 0.2) is 0 Å². The van der Waals surface area contributed by atoms with Gasteiger partial charge in [-0.1, -0.05) is 24.4 Å². The molecule has 0 unspecified atom stereocenters. The Morgan fingerprint density at radius 1 is 1.42 bits per heavy atom. The summed E-state index contributed by atoms with van der Waals surface area (Å²) < 4.78 is 0. The molecule has 3 N–H and O–H groups in total. The normalized spacial score (nSPS) is 10.2. The van der Waals surface area contributed by atoms with Crippen LogP contribution in [0.5, 0.6) is 0 Å². The van der Waals surface area contributed by atoms with Crippen LogP contribution in [0.2, 0.25) is 0 Å². The molecule has 1 heterocycles. The second-order valence-corrected chi connectivity index (χ2v) is 5.60. The van der Waals surface area contributed by atoms with E-state index >= 15 is 0 Å². The smallest absolute Gasteiger partial charge is 0.275 e. The van der Waals surface area contributed by atoms with Crippen molar-refractivity contribution in [1.29, 1.82) is 0 Å². The van der Waals surface area contributed by atoms with Gasteiger partial charge >= 0.3 is 0 Å². The van der Waals surface area contributed by atoms with Crippen LogP contribution in [0.1, 0.15) is 26.6 Å². The van der Waals surface area contributed by atoms with E-state index in [1.54, 1.807) is 11.4 Å². The van der Waals surface area contributed by atoms with Crippen LogP contribution in [-0.2, 0) is 0 Å². The van der Waals surface area contributed by atoms with Gasteiger partial charge in [-0.25, -0.2) is 4.98 Å². The monoisotopic (exact) mass is 291 g/mol. The van der Waals surface area contributed by atoms with E-state index in [9.17, 15) is 4.79 Å². The number of hydrogen-bond acceptors (Lipinski definition) is 4. The SMILES string of the molecule is Cc1nc(C(=O)Nc2cc(C(N)=S)ccc2C)cs1. The molecule has 0 radical (unpaired) electrons. The summed E-state index contributed by atoms with van der Waals surface area (Å²) in [5, 5.41) is 5.42. The highest BCUT2D eigenvalue weighted by atomic mass is 32.1. The van der Waals surface area contributed by atoms with Gasteiger partial charge < -0.3 is 11.1 Å². The number of nitrogens with zero attached hydrogens (tertiary/aromatic N) is 1. The molecule has 6 heteroatoms. The van der Waals surface area contributed by atoms with Crippen molar-refractivity contribution in [2.24, 2.45) is 5.73 Å². The molecule has 2 rings (SSSR count). The lowest BCUT2D eigenvalue weighted by Crippen LogP contribution is -2.15. The van der Waals surface area contributed by atoms with Crippen molar-refractivity contribution in [1.82, 2.24) is 4.98 Å². The summed E-state index contributed by atoms with van der Waals surface area (Å²) in [5.41, 5.74) is 8.37. The van der Waals surface area contributed by atoms with Crippen LogP contribution in [0, 0.1) is 13.8 Å². The number of anilines is 1. The van der Waals surface area contributed by atoms with Crippen LogP contribution in [0.4, 0.5) is 5.69 Å². The predicted molar refractivity (Wildman–Crippen MR) is 81.9 cm³/mol. The third kappa shape index (κ3) is 3.15. The maximum atomic E-state index is 12.0. The van der Waals surface area contributed by atoms with E-state index < -0.39 is 0 Å². The van der Waals surface area contributed by atoms with Gasteiger partial charge in [0.25, 0.3) is 5.91 Å². The van der Waals surface area contributed by atoms with Gasteiger partial charge in [-0.3, -0.25) is 4.79 Å². The van der Waals surface area contributed by atoms with Gasteiger partial charge in [-0.2, -0.15) is 0 Å². The molecule has 0 aliphatic carbocycles. The summed E-state index contributed by atoms with van der Waals surface area (Å²) in [6.45, 7) is 3.77. The molecule has 0 fully saturated rings. The number of benzene rings is 1. The number of nitrogens with two attached hydrogens (primary N) is 1. The first-order chi connectivity index (χ1) is 8.97. The van der Waals surface area contributed by atoms with E-state index in [4.69, 9.17) is 18.0 Å². The molecule has 19 heavy (non-hydrogen) atoms. The molecule has 0 aliphatic rings. The second-order valence-electron chi connectivity index (χ2n) is 4.10. The maximum Gasteiger partial charge on any atom is 0.275 e. The van der Waals surface area contributed by atoms with Crippen LogP contribution in [0.15, 0.2) is 23.6 Å². The van der Waals surface area contributed by atoms with Crippen LogP contribution in [-0.4, -0.2) is 15.9 Å². The van der Waals surface area contributed by atoms with Crippen LogP contribution in [0.25, 0.3) is 0 Å². The Balaban J connectivity index is 2.25. The molecule has 0 spiro atoms. The molecule has 0 bridgehead atoms. The zero-order valence-electron chi connectivity index (χ0n) is 10.6. The minimum atomic E-state index is -0.229. The zero-order chi connectivity index (χ0) is 14.0. The van der Waals surface area contributed by atoms with Crippen LogP contribution >= 0.6 is 23.6 Å². The highest BCUT2D eigenvalue weighted by Crippen LogP contribution is 2.18. The van der Waals surface area contributed by atoms with E-state index in [0.717, 1.165) is 16.1 Å². The standard InChI is InChI=1S/C13H13N3OS2/c1-7-3-4-9(12(14)18)5-10(7)16-13(17)11-6-19-8(2)15-11/h3-6H,1-2H3,(H2,14,18)(H,16,17). The van der Waals surface area contributed by atoms with Gasteiger partial charge in [-0.05, 0) is 25.5 Å². The summed E-state index contributed by atoms with van der Waals surface area (Å²) in [6, 6.07) is 5.48. The van der Waals surface area contributed by atoms with Crippen LogP contribution in [0.3, 0.4) is 0 Å². The number of carbonyl (C=O) groups excluding carboxylic acids is 1. The minimum Gasteiger partial charge on any atom is -0.389 e. The average molecular weight is 291 g/mol. The summed E-state index contributed by atoms with van der Waals surface area (Å²) in [7, 11) is 0. The molecular weight excluding hydrogens is 278 g/mol. The van der Waals surface area contributed by atoms with Crippen molar-refractivity contribution < 1.29 is 4.79 Å². The lowest BCUT2D eigenvalue weighted by Gasteiger charge is -2.09. The molecule has 0 atom stereocenters. The number of thiocarbonyl (C=S) groups is 1. The third-order valence-corrected chi connectivity index (χ3v) is 3.63. The number of aryl methyl sites for hydroxylation is 2. The van der Waals surface area contributed by atoms with Crippen molar-refractivity contribution in [2.45, 2.75) is 13.8 Å². The molecule has 1 aromatic carbocycles. The first-order valence-electron chi connectivity index (χ1n) is 5.61. The quantitative estimate of drug-likeness (QED) is 0.853. The Morgan fingerprint density at radius 3 is 2.74 bits per heavy atom. The third-order valence-electron chi connectivity index (χ3n) is 2.62. The Bertz CT molecular complexity index is 649. The molecule has 1 aromatic heterocycles. The maximum absolute atomic E-state index is 12.0. The molecule has 2 aromatic rings. The summed E-state index contributed by atoms with van der Waals surface area (Å²) >= 11 is 6.37. The largest absolute Gasteiger partial charge is 0.389 e. The molecule has 4 nitrogen and oxygen atoms in total. The van der Waals surface area contributed by atoms with Gasteiger partial charge in [0.2, 0.25) is 0 Å². The van der Waals surface area contributed by atoms with Crippen molar-refractivity contribution in [2.75, 3.05) is 5.32 Å². The number of rotatable bonds is 3. The van der Waals surface area contributed by atoms with E-state index in [1.165, 1.54) is 11.3 Å². The Kier molecular flexibility index (Phi) is 3.92. The minimum absolute atomic E-state index is 0.229. The first kappa shape index (κ1) is 13.6. The van der Waals surface area contributed by atoms with Crippen LogP contribution < -0.4 is 11.1 Å². The first-order valence-corrected chi connectivity index (χ1v) is 6.90. The summed E-state index contributed by atoms with van der Waals surface area (Å²) in [4.78, 5) is 16.5. The van der Waals surface area contributed by atoms with E-state index in [0.29, 0.717) is 16.4 Å². The Morgan fingerprint density at radius 2 is 2.16 bits per heavy atom. The van der Waals surface area contributed by atoms with Crippen molar-refractivity contribution in [3.05, 3.63) is 45.4 Å². The van der Waals surface area contributed by atoms with E-state index in [1.807, 2.05) is 26.0 Å². The lowest BCUT2D eigenvalue weighted by molar-refractivity contribution is 0.102. The van der Waals surface area contributed by atoms with Crippen molar-refractivity contribution in [3.8, 4) is 0 Å². The number of amides is 1. The topological polar surface area (TPSA) is 68.0 Å². The fraction of sp³-hybridized carbons (Fsp3) is 0.154. The van der Waals surface area contributed by atoms with Gasteiger partial charge in [0, 0.05) is 16.6 Å². The molecule has 98 valence electrons. The number of hydrogen-bond donors (Lipinski definition) is 2. The number of thiazole rings is 1. The number of carbonyl (C=O) groups is 1. The predicted octanol–water partition coefficient (Wildman–Crippen LogP) is 2.65. The molecular formula is C13H13N3OS2. The molecule has 0 aliphatic heterocycles. The van der Waals surface area contributed by atoms with Gasteiger partial charge in [0.1, 0.15) is 10.7 Å². The second kappa shape index (κ2) is 5.46. The lowest BCUT2D eigenvalue weighted by atomic mass is 10.1. The average Bonchev–Trinajstić information content (AvgIpc) is 2.78. The van der Waals surface area contributed by atoms with E-state index in [2.05, 4.69) is 10.3 Å². The fourth-order valence-corrected chi connectivity index (χ4v) is 2.28. The van der Waals surface area contributed by atoms with Gasteiger partial charge in [-0.15, -0.1) is 11.3 Å². The summed E-state index contributed by atoms with van der Waals surface area (Å²) in [6.07, 6.45) is 0.